The SMILES string of the molecule is COc1ccc(CCCNN)cc1.Cl. The fourth-order valence-electron chi connectivity index (χ4n) is 1.19. The Balaban J connectivity index is 0.00000169. The Hall–Kier alpha value is -0.770. The molecule has 3 nitrogen and oxygen atoms in total. The Morgan fingerprint density at radius 3 is 2.43 bits per heavy atom. The number of hydrazine groups is 1. The molecule has 1 aromatic rings. The Kier molecular flexibility index (Phi) is 7.20. The van der Waals surface area contributed by atoms with Crippen LogP contribution < -0.4 is 16.0 Å². The van der Waals surface area contributed by atoms with E-state index in [4.69, 9.17) is 10.6 Å². The highest BCUT2D eigenvalue weighted by Gasteiger charge is 1.93. The Morgan fingerprint density at radius 1 is 1.29 bits per heavy atom. The molecule has 3 N–H and O–H groups in total. The molecule has 0 bridgehead atoms. The summed E-state index contributed by atoms with van der Waals surface area (Å²) in [7, 11) is 1.67. The number of aryl methyl sites for hydroxylation is 1. The molecule has 0 aliphatic carbocycles. The van der Waals surface area contributed by atoms with Gasteiger partial charge in [0.2, 0.25) is 0 Å². The molecule has 4 heteroatoms. The number of rotatable bonds is 5. The normalized spacial score (nSPS) is 9.29. The van der Waals surface area contributed by atoms with Crippen molar-refractivity contribution < 1.29 is 4.74 Å². The van der Waals surface area contributed by atoms with Crippen LogP contribution in [0.5, 0.6) is 5.75 Å². The van der Waals surface area contributed by atoms with Crippen molar-refractivity contribution >= 4 is 12.4 Å². The van der Waals surface area contributed by atoms with Crippen LogP contribution in [0, 0.1) is 0 Å². The van der Waals surface area contributed by atoms with E-state index in [1.165, 1.54) is 5.56 Å². The second-order valence-corrected chi connectivity index (χ2v) is 2.91. The van der Waals surface area contributed by atoms with E-state index in [0.717, 1.165) is 25.1 Å². The molecule has 1 aromatic carbocycles. The fourth-order valence-corrected chi connectivity index (χ4v) is 1.19. The van der Waals surface area contributed by atoms with Crippen LogP contribution >= 0.6 is 12.4 Å². The van der Waals surface area contributed by atoms with Crippen LogP contribution in [0.1, 0.15) is 12.0 Å². The Labute approximate surface area is 91.0 Å². The van der Waals surface area contributed by atoms with Gasteiger partial charge in [-0.15, -0.1) is 12.4 Å². The van der Waals surface area contributed by atoms with Crippen molar-refractivity contribution in [3.05, 3.63) is 29.8 Å². The molecule has 1 rings (SSSR count). The van der Waals surface area contributed by atoms with E-state index in [1.54, 1.807) is 7.11 Å². The lowest BCUT2D eigenvalue weighted by atomic mass is 10.1. The second-order valence-electron chi connectivity index (χ2n) is 2.91. The molecule has 0 spiro atoms. The summed E-state index contributed by atoms with van der Waals surface area (Å²) in [6, 6.07) is 8.11. The maximum Gasteiger partial charge on any atom is 0.118 e. The molecule has 0 fully saturated rings. The largest absolute Gasteiger partial charge is 0.497 e. The number of ether oxygens (including phenoxy) is 1. The first-order chi connectivity index (χ1) is 6.36. The molecule has 0 aliphatic heterocycles. The number of methoxy groups -OCH3 is 1. The van der Waals surface area contributed by atoms with Gasteiger partial charge in [-0.05, 0) is 30.5 Å². The molecular weight excluding hydrogens is 200 g/mol. The lowest BCUT2D eigenvalue weighted by molar-refractivity contribution is 0.414. The van der Waals surface area contributed by atoms with Gasteiger partial charge >= 0.3 is 0 Å². The predicted molar refractivity (Wildman–Crippen MR) is 60.8 cm³/mol. The summed E-state index contributed by atoms with van der Waals surface area (Å²) in [5, 5.41) is 0. The molecule has 0 saturated carbocycles. The highest BCUT2D eigenvalue weighted by Crippen LogP contribution is 2.12. The van der Waals surface area contributed by atoms with E-state index in [2.05, 4.69) is 17.6 Å². The van der Waals surface area contributed by atoms with E-state index in [0.29, 0.717) is 0 Å². The number of hydrogen-bond acceptors (Lipinski definition) is 3. The van der Waals surface area contributed by atoms with Gasteiger partial charge in [-0.2, -0.15) is 0 Å². The second kappa shape index (κ2) is 7.62. The smallest absolute Gasteiger partial charge is 0.118 e. The molecule has 0 saturated heterocycles. The monoisotopic (exact) mass is 216 g/mol. The van der Waals surface area contributed by atoms with Gasteiger partial charge in [-0.3, -0.25) is 11.3 Å². The fraction of sp³-hybridized carbons (Fsp3) is 0.400. The van der Waals surface area contributed by atoms with Crippen molar-refractivity contribution in [3.63, 3.8) is 0 Å². The number of nitrogens with one attached hydrogen (secondary N) is 1. The molecule has 0 unspecified atom stereocenters. The van der Waals surface area contributed by atoms with Crippen LogP contribution in [-0.4, -0.2) is 13.7 Å². The van der Waals surface area contributed by atoms with Crippen LogP contribution in [0.4, 0.5) is 0 Å². The van der Waals surface area contributed by atoms with Gasteiger partial charge < -0.3 is 4.74 Å². The van der Waals surface area contributed by atoms with Crippen molar-refractivity contribution in [3.8, 4) is 5.75 Å². The standard InChI is InChI=1S/C10H16N2O.ClH/c1-13-10-6-4-9(5-7-10)3-2-8-12-11;/h4-7,12H,2-3,8,11H2,1H3;1H. The van der Waals surface area contributed by atoms with Crippen LogP contribution in [-0.2, 0) is 6.42 Å². The summed E-state index contributed by atoms with van der Waals surface area (Å²) in [4.78, 5) is 0. The van der Waals surface area contributed by atoms with Gasteiger partial charge in [0.25, 0.3) is 0 Å². The van der Waals surface area contributed by atoms with E-state index < -0.39 is 0 Å². The average molecular weight is 217 g/mol. The van der Waals surface area contributed by atoms with E-state index in [-0.39, 0.29) is 12.4 Å². The Morgan fingerprint density at radius 2 is 1.93 bits per heavy atom. The first kappa shape index (κ1) is 13.2. The van der Waals surface area contributed by atoms with E-state index in [9.17, 15) is 0 Å². The summed E-state index contributed by atoms with van der Waals surface area (Å²) in [6.07, 6.45) is 2.11. The molecule has 0 radical (unpaired) electrons. The minimum Gasteiger partial charge on any atom is -0.497 e. The van der Waals surface area contributed by atoms with Gasteiger partial charge in [-0.25, -0.2) is 0 Å². The summed E-state index contributed by atoms with van der Waals surface area (Å²) < 4.78 is 5.06. The number of hydrogen-bond donors (Lipinski definition) is 2. The molecule has 0 heterocycles. The third kappa shape index (κ3) is 4.46. The van der Waals surface area contributed by atoms with Gasteiger partial charge in [0, 0.05) is 6.54 Å². The molecule has 14 heavy (non-hydrogen) atoms. The highest BCUT2D eigenvalue weighted by molar-refractivity contribution is 5.85. The maximum absolute atomic E-state index is 5.17. The quantitative estimate of drug-likeness (QED) is 0.446. The van der Waals surface area contributed by atoms with E-state index >= 15 is 0 Å². The molecule has 0 aliphatic rings. The van der Waals surface area contributed by atoms with Crippen molar-refractivity contribution in [1.82, 2.24) is 5.43 Å². The van der Waals surface area contributed by atoms with Gasteiger partial charge in [-0.1, -0.05) is 12.1 Å². The summed E-state index contributed by atoms with van der Waals surface area (Å²) in [6.45, 7) is 0.853. The summed E-state index contributed by atoms with van der Waals surface area (Å²) >= 11 is 0. The molecular formula is C10H17ClN2O. The number of halogens is 1. The topological polar surface area (TPSA) is 47.3 Å². The van der Waals surface area contributed by atoms with Crippen molar-refractivity contribution in [2.45, 2.75) is 12.8 Å². The number of nitrogens with two attached hydrogens (primary N) is 1. The molecule has 0 amide bonds. The Bertz CT molecular complexity index is 238. The third-order valence-corrected chi connectivity index (χ3v) is 1.95. The minimum atomic E-state index is 0. The highest BCUT2D eigenvalue weighted by atomic mass is 35.5. The van der Waals surface area contributed by atoms with Crippen LogP contribution in [0.25, 0.3) is 0 Å². The van der Waals surface area contributed by atoms with Crippen molar-refractivity contribution in [2.24, 2.45) is 5.84 Å². The summed E-state index contributed by atoms with van der Waals surface area (Å²) in [5.41, 5.74) is 3.95. The average Bonchev–Trinajstić information content (AvgIpc) is 2.19. The zero-order chi connectivity index (χ0) is 9.52. The van der Waals surface area contributed by atoms with Crippen molar-refractivity contribution in [2.75, 3.05) is 13.7 Å². The third-order valence-electron chi connectivity index (χ3n) is 1.95. The lowest BCUT2D eigenvalue weighted by Crippen LogP contribution is -2.23. The first-order valence-corrected chi connectivity index (χ1v) is 4.43. The number of benzene rings is 1. The van der Waals surface area contributed by atoms with Crippen LogP contribution in [0.15, 0.2) is 24.3 Å². The van der Waals surface area contributed by atoms with Gasteiger partial charge in [0.15, 0.2) is 0 Å². The molecule has 0 aromatic heterocycles. The van der Waals surface area contributed by atoms with E-state index in [1.807, 2.05) is 12.1 Å². The van der Waals surface area contributed by atoms with Crippen molar-refractivity contribution in [1.29, 1.82) is 0 Å². The zero-order valence-corrected chi connectivity index (χ0v) is 9.14. The van der Waals surface area contributed by atoms with Gasteiger partial charge in [0.05, 0.1) is 7.11 Å². The van der Waals surface area contributed by atoms with Crippen LogP contribution in [0.3, 0.4) is 0 Å². The minimum absolute atomic E-state index is 0. The predicted octanol–water partition coefficient (Wildman–Crippen LogP) is 1.51. The lowest BCUT2D eigenvalue weighted by Gasteiger charge is -2.02. The van der Waals surface area contributed by atoms with Crippen LogP contribution in [0.2, 0.25) is 0 Å². The molecule has 0 atom stereocenters. The summed E-state index contributed by atoms with van der Waals surface area (Å²) in [5.74, 6) is 6.07. The maximum atomic E-state index is 5.17. The zero-order valence-electron chi connectivity index (χ0n) is 8.32. The van der Waals surface area contributed by atoms with Gasteiger partial charge in [0.1, 0.15) is 5.75 Å². The first-order valence-electron chi connectivity index (χ1n) is 4.43. The molecule has 80 valence electrons.